The summed E-state index contributed by atoms with van der Waals surface area (Å²) in [6.45, 7) is 6.71. The van der Waals surface area contributed by atoms with Gasteiger partial charge in [0.1, 0.15) is 12.4 Å². The molecular formula is C17H28ClN3O3. The summed E-state index contributed by atoms with van der Waals surface area (Å²) in [4.78, 5) is 4.50. The number of ether oxygens (including phenoxy) is 3. The number of halogens is 1. The second kappa shape index (κ2) is 13.9. The van der Waals surface area contributed by atoms with Gasteiger partial charge in [0.15, 0.2) is 5.96 Å². The third-order valence-electron chi connectivity index (χ3n) is 2.97. The number of benzene rings is 1. The molecule has 6 nitrogen and oxygen atoms in total. The van der Waals surface area contributed by atoms with Crippen LogP contribution in [0.5, 0.6) is 5.75 Å². The Morgan fingerprint density at radius 3 is 2.58 bits per heavy atom. The van der Waals surface area contributed by atoms with Crippen LogP contribution in [0.1, 0.15) is 13.3 Å². The van der Waals surface area contributed by atoms with Crippen LogP contribution >= 0.6 is 11.6 Å². The first kappa shape index (κ1) is 20.5. The van der Waals surface area contributed by atoms with Crippen molar-refractivity contribution in [1.82, 2.24) is 10.6 Å². The van der Waals surface area contributed by atoms with Gasteiger partial charge in [-0.2, -0.15) is 0 Å². The molecule has 1 aromatic rings. The summed E-state index contributed by atoms with van der Waals surface area (Å²) in [6, 6.07) is 7.32. The van der Waals surface area contributed by atoms with E-state index in [1.807, 2.05) is 31.2 Å². The molecule has 0 fully saturated rings. The van der Waals surface area contributed by atoms with Crippen LogP contribution in [0.3, 0.4) is 0 Å². The van der Waals surface area contributed by atoms with Crippen molar-refractivity contribution in [2.24, 2.45) is 4.99 Å². The number of nitrogens with one attached hydrogen (secondary N) is 2. The molecule has 1 aromatic carbocycles. The van der Waals surface area contributed by atoms with Crippen LogP contribution in [-0.2, 0) is 9.47 Å². The Labute approximate surface area is 149 Å². The molecule has 0 aliphatic rings. The summed E-state index contributed by atoms with van der Waals surface area (Å²) in [5.74, 6) is 1.59. The van der Waals surface area contributed by atoms with Gasteiger partial charge in [-0.05, 0) is 37.6 Å². The minimum atomic E-state index is 0.548. The van der Waals surface area contributed by atoms with Gasteiger partial charge in [0, 0.05) is 31.8 Å². The first-order valence-corrected chi connectivity index (χ1v) is 8.61. The Hall–Kier alpha value is -1.50. The van der Waals surface area contributed by atoms with Crippen LogP contribution in [0.15, 0.2) is 29.3 Å². The van der Waals surface area contributed by atoms with Crippen LogP contribution in [0, 0.1) is 0 Å². The predicted octanol–water partition coefficient (Wildman–Crippen LogP) is 2.33. The van der Waals surface area contributed by atoms with E-state index in [1.54, 1.807) is 7.11 Å². The number of rotatable bonds is 12. The quantitative estimate of drug-likeness (QED) is 0.341. The van der Waals surface area contributed by atoms with Crippen molar-refractivity contribution in [1.29, 1.82) is 0 Å². The molecule has 0 bridgehead atoms. The summed E-state index contributed by atoms with van der Waals surface area (Å²) in [5, 5.41) is 7.15. The van der Waals surface area contributed by atoms with Crippen LogP contribution in [0.2, 0.25) is 5.02 Å². The molecule has 7 heteroatoms. The zero-order valence-corrected chi connectivity index (χ0v) is 15.3. The van der Waals surface area contributed by atoms with Crippen LogP contribution < -0.4 is 15.4 Å². The van der Waals surface area contributed by atoms with Crippen molar-refractivity contribution >= 4 is 17.6 Å². The zero-order chi connectivity index (χ0) is 17.5. The van der Waals surface area contributed by atoms with Gasteiger partial charge < -0.3 is 24.8 Å². The lowest BCUT2D eigenvalue weighted by Gasteiger charge is -2.12. The number of hydrogen-bond acceptors (Lipinski definition) is 4. The van der Waals surface area contributed by atoms with Gasteiger partial charge in [-0.15, -0.1) is 0 Å². The maximum absolute atomic E-state index is 5.84. The van der Waals surface area contributed by atoms with E-state index in [1.165, 1.54) is 0 Å². The Morgan fingerprint density at radius 1 is 1.08 bits per heavy atom. The highest BCUT2D eigenvalue weighted by molar-refractivity contribution is 6.30. The molecule has 0 aliphatic carbocycles. The fraction of sp³-hybridized carbons (Fsp3) is 0.588. The van der Waals surface area contributed by atoms with Gasteiger partial charge in [0.05, 0.1) is 19.8 Å². The molecular weight excluding hydrogens is 330 g/mol. The van der Waals surface area contributed by atoms with E-state index in [0.717, 1.165) is 24.7 Å². The topological polar surface area (TPSA) is 64.1 Å². The fourth-order valence-electron chi connectivity index (χ4n) is 1.81. The lowest BCUT2D eigenvalue weighted by Crippen LogP contribution is -2.39. The van der Waals surface area contributed by atoms with E-state index in [-0.39, 0.29) is 0 Å². The van der Waals surface area contributed by atoms with Gasteiger partial charge in [-0.1, -0.05) is 11.6 Å². The van der Waals surface area contributed by atoms with Crippen LogP contribution in [0.4, 0.5) is 0 Å². The molecule has 136 valence electrons. The lowest BCUT2D eigenvalue weighted by molar-refractivity contribution is 0.0702. The molecule has 0 atom stereocenters. The van der Waals surface area contributed by atoms with E-state index >= 15 is 0 Å². The summed E-state index contributed by atoms with van der Waals surface area (Å²) in [6.07, 6.45) is 0.877. The molecule has 24 heavy (non-hydrogen) atoms. The molecule has 0 spiro atoms. The minimum Gasteiger partial charge on any atom is -0.492 e. The molecule has 0 amide bonds. The highest BCUT2D eigenvalue weighted by Gasteiger charge is 1.98. The van der Waals surface area contributed by atoms with Crippen molar-refractivity contribution in [3.8, 4) is 5.75 Å². The average molecular weight is 358 g/mol. The molecule has 0 heterocycles. The highest BCUT2D eigenvalue weighted by Crippen LogP contribution is 2.14. The van der Waals surface area contributed by atoms with E-state index in [2.05, 4.69) is 15.6 Å². The van der Waals surface area contributed by atoms with E-state index in [9.17, 15) is 0 Å². The van der Waals surface area contributed by atoms with Crippen molar-refractivity contribution in [2.45, 2.75) is 13.3 Å². The predicted molar refractivity (Wildman–Crippen MR) is 98.2 cm³/mol. The molecule has 2 N–H and O–H groups in total. The standard InChI is InChI=1S/C17H28ClN3O3/c1-3-19-17(20-9-4-11-23-14-13-22-2)21-10-12-24-16-7-5-15(18)6-8-16/h5-8H,3-4,9-14H2,1-2H3,(H2,19,20,21). The van der Waals surface area contributed by atoms with Crippen molar-refractivity contribution in [3.63, 3.8) is 0 Å². The largest absolute Gasteiger partial charge is 0.492 e. The molecule has 0 unspecified atom stereocenters. The molecule has 1 rings (SSSR count). The molecule has 0 radical (unpaired) electrons. The molecule has 0 saturated heterocycles. The zero-order valence-electron chi connectivity index (χ0n) is 14.5. The van der Waals surface area contributed by atoms with Gasteiger partial charge >= 0.3 is 0 Å². The van der Waals surface area contributed by atoms with Gasteiger partial charge in [-0.3, -0.25) is 4.99 Å². The first-order chi connectivity index (χ1) is 11.8. The van der Waals surface area contributed by atoms with E-state index in [4.69, 9.17) is 25.8 Å². The summed E-state index contributed by atoms with van der Waals surface area (Å²) >= 11 is 5.84. The van der Waals surface area contributed by atoms with Gasteiger partial charge in [-0.25, -0.2) is 0 Å². The Bertz CT molecular complexity index is 455. The molecule has 0 aliphatic heterocycles. The van der Waals surface area contributed by atoms with E-state index < -0.39 is 0 Å². The second-order valence-electron chi connectivity index (χ2n) is 4.95. The highest BCUT2D eigenvalue weighted by atomic mass is 35.5. The van der Waals surface area contributed by atoms with Crippen LogP contribution in [0.25, 0.3) is 0 Å². The maximum atomic E-state index is 5.84. The second-order valence-corrected chi connectivity index (χ2v) is 5.38. The number of aliphatic imine (C=N–C) groups is 1. The number of nitrogens with zero attached hydrogens (tertiary/aromatic N) is 1. The third kappa shape index (κ3) is 10.3. The molecule has 0 saturated carbocycles. The summed E-state index contributed by atoms with van der Waals surface area (Å²) in [7, 11) is 1.67. The van der Waals surface area contributed by atoms with Crippen molar-refractivity contribution < 1.29 is 14.2 Å². The Kier molecular flexibility index (Phi) is 11.9. The minimum absolute atomic E-state index is 0.548. The van der Waals surface area contributed by atoms with Gasteiger partial charge in [0.2, 0.25) is 0 Å². The van der Waals surface area contributed by atoms with Crippen molar-refractivity contribution in [3.05, 3.63) is 29.3 Å². The first-order valence-electron chi connectivity index (χ1n) is 8.23. The normalized spacial score (nSPS) is 11.4. The van der Waals surface area contributed by atoms with Crippen molar-refractivity contribution in [2.75, 3.05) is 53.2 Å². The molecule has 0 aromatic heterocycles. The summed E-state index contributed by atoms with van der Waals surface area (Å²) in [5.41, 5.74) is 0. The van der Waals surface area contributed by atoms with E-state index in [0.29, 0.717) is 44.5 Å². The maximum Gasteiger partial charge on any atom is 0.191 e. The monoisotopic (exact) mass is 357 g/mol. The number of hydrogen-bond donors (Lipinski definition) is 2. The third-order valence-corrected chi connectivity index (χ3v) is 3.22. The lowest BCUT2D eigenvalue weighted by atomic mass is 10.3. The Morgan fingerprint density at radius 2 is 1.88 bits per heavy atom. The number of methoxy groups -OCH3 is 1. The van der Waals surface area contributed by atoms with Gasteiger partial charge in [0.25, 0.3) is 0 Å². The fourth-order valence-corrected chi connectivity index (χ4v) is 1.94. The van der Waals surface area contributed by atoms with Crippen LogP contribution in [-0.4, -0.2) is 59.1 Å². The Balaban J connectivity index is 2.17. The smallest absolute Gasteiger partial charge is 0.191 e. The average Bonchev–Trinajstić information content (AvgIpc) is 2.59. The number of guanidine groups is 1. The SMILES string of the molecule is CCNC(=NCCCOCCOC)NCCOc1ccc(Cl)cc1. The summed E-state index contributed by atoms with van der Waals surface area (Å²) < 4.78 is 16.0.